The van der Waals surface area contributed by atoms with Crippen LogP contribution in [0.1, 0.15) is 28.9 Å². The Morgan fingerprint density at radius 2 is 1.88 bits per heavy atom. The van der Waals surface area contributed by atoms with E-state index in [-0.39, 0.29) is 23.0 Å². The Balaban J connectivity index is 1.59. The van der Waals surface area contributed by atoms with Crippen LogP contribution in [0.2, 0.25) is 0 Å². The second-order valence-corrected chi connectivity index (χ2v) is 7.19. The Labute approximate surface area is 181 Å². The van der Waals surface area contributed by atoms with E-state index in [0.29, 0.717) is 24.3 Å². The predicted molar refractivity (Wildman–Crippen MR) is 111 cm³/mol. The van der Waals surface area contributed by atoms with Crippen LogP contribution in [0.3, 0.4) is 0 Å². The number of hydrogen-bond donors (Lipinski definition) is 1. The Morgan fingerprint density at radius 1 is 1.12 bits per heavy atom. The molecule has 1 saturated heterocycles. The van der Waals surface area contributed by atoms with Crippen molar-refractivity contribution in [3.63, 3.8) is 0 Å². The number of methoxy groups -OCH3 is 1. The van der Waals surface area contributed by atoms with Crippen molar-refractivity contribution in [2.24, 2.45) is 0 Å². The van der Waals surface area contributed by atoms with Crippen molar-refractivity contribution in [2.45, 2.75) is 19.0 Å². The quantitative estimate of drug-likeness (QED) is 0.638. The lowest BCUT2D eigenvalue weighted by Gasteiger charge is -2.16. The summed E-state index contributed by atoms with van der Waals surface area (Å²) in [6.45, 7) is 0.617. The number of carbonyl (C=O) groups excluding carboxylic acids is 2. The molecule has 1 aliphatic rings. The van der Waals surface area contributed by atoms with E-state index in [9.17, 15) is 22.8 Å². The van der Waals surface area contributed by atoms with Crippen LogP contribution >= 0.6 is 0 Å². The summed E-state index contributed by atoms with van der Waals surface area (Å²) in [7, 11) is 1.34. The zero-order valence-corrected chi connectivity index (χ0v) is 17.0. The fraction of sp³-hybridized carbons (Fsp3) is 0.227. The van der Waals surface area contributed by atoms with Gasteiger partial charge in [-0.05, 0) is 42.8 Å². The fourth-order valence-electron chi connectivity index (χ4n) is 3.48. The molecule has 0 atom stereocenters. The summed E-state index contributed by atoms with van der Waals surface area (Å²) in [6, 6.07) is 11.4. The molecule has 32 heavy (non-hydrogen) atoms. The van der Waals surface area contributed by atoms with Gasteiger partial charge in [0.05, 0.1) is 24.6 Å². The monoisotopic (exact) mass is 444 g/mol. The van der Waals surface area contributed by atoms with Crippen LogP contribution in [-0.2, 0) is 11.0 Å². The maximum Gasteiger partial charge on any atom is 0.416 e. The molecule has 2 aromatic carbocycles. The average molecular weight is 444 g/mol. The normalized spacial score (nSPS) is 14.0. The number of aromatic nitrogens is 2. The molecular formula is C22H19F3N4O3. The summed E-state index contributed by atoms with van der Waals surface area (Å²) in [5.74, 6) is -0.474. The van der Waals surface area contributed by atoms with Crippen molar-refractivity contribution in [3.8, 4) is 11.4 Å². The lowest BCUT2D eigenvalue weighted by atomic mass is 10.2. The molecule has 166 valence electrons. The van der Waals surface area contributed by atoms with E-state index in [2.05, 4.69) is 10.4 Å². The van der Waals surface area contributed by atoms with E-state index in [0.717, 1.165) is 23.2 Å². The summed E-state index contributed by atoms with van der Waals surface area (Å²) in [5, 5.41) is 6.83. The molecule has 7 nitrogen and oxygen atoms in total. The molecule has 1 aromatic heterocycles. The zero-order chi connectivity index (χ0) is 22.9. The average Bonchev–Trinajstić information content (AvgIpc) is 3.40. The van der Waals surface area contributed by atoms with Gasteiger partial charge in [-0.25, -0.2) is 4.68 Å². The molecule has 0 saturated carbocycles. The maximum atomic E-state index is 13.0. The van der Waals surface area contributed by atoms with Crippen LogP contribution in [0.4, 0.5) is 24.5 Å². The number of carbonyl (C=O) groups is 2. The number of alkyl halides is 3. The first-order valence-electron chi connectivity index (χ1n) is 9.79. The van der Waals surface area contributed by atoms with E-state index >= 15 is 0 Å². The largest absolute Gasteiger partial charge is 0.493 e. The molecule has 2 heterocycles. The number of rotatable bonds is 5. The van der Waals surface area contributed by atoms with Gasteiger partial charge in [0, 0.05) is 24.3 Å². The summed E-state index contributed by atoms with van der Waals surface area (Å²) >= 11 is 0. The number of benzene rings is 2. The zero-order valence-electron chi connectivity index (χ0n) is 17.0. The lowest BCUT2D eigenvalue weighted by molar-refractivity contribution is -0.137. The van der Waals surface area contributed by atoms with Gasteiger partial charge in [-0.1, -0.05) is 12.1 Å². The first-order valence-corrected chi connectivity index (χ1v) is 9.79. The van der Waals surface area contributed by atoms with Crippen LogP contribution in [0.5, 0.6) is 5.75 Å². The van der Waals surface area contributed by atoms with Gasteiger partial charge in [0.2, 0.25) is 5.91 Å². The van der Waals surface area contributed by atoms with Gasteiger partial charge in [0.25, 0.3) is 5.91 Å². The van der Waals surface area contributed by atoms with Crippen LogP contribution in [0.15, 0.2) is 54.7 Å². The molecule has 0 radical (unpaired) electrons. The molecule has 0 spiro atoms. The Morgan fingerprint density at radius 3 is 2.56 bits per heavy atom. The highest BCUT2D eigenvalue weighted by Crippen LogP contribution is 2.31. The van der Waals surface area contributed by atoms with Crippen molar-refractivity contribution < 1.29 is 27.5 Å². The number of halogens is 3. The standard InChI is InChI=1S/C22H19F3N4O3/c1-32-18-13-29(17-8-2-5-14(11-17)22(23,24)25)27-20(18)21(31)26-15-6-3-7-16(12-15)28-10-4-9-19(28)30/h2-3,5-8,11-13H,4,9-10H2,1H3,(H,26,31). The minimum atomic E-state index is -4.50. The SMILES string of the molecule is COc1cn(-c2cccc(C(F)(F)F)c2)nc1C(=O)Nc1cccc(N2CCCC2=O)c1. The molecular weight excluding hydrogens is 425 g/mol. The van der Waals surface area contributed by atoms with Gasteiger partial charge in [-0.2, -0.15) is 18.3 Å². The summed E-state index contributed by atoms with van der Waals surface area (Å²) in [4.78, 5) is 26.5. The van der Waals surface area contributed by atoms with Crippen LogP contribution < -0.4 is 15.0 Å². The van der Waals surface area contributed by atoms with Gasteiger partial charge in [0.15, 0.2) is 11.4 Å². The molecule has 1 N–H and O–H groups in total. The molecule has 10 heteroatoms. The number of nitrogens with one attached hydrogen (secondary N) is 1. The number of amides is 2. The lowest BCUT2D eigenvalue weighted by Crippen LogP contribution is -2.23. The molecule has 0 unspecified atom stereocenters. The summed E-state index contributed by atoms with van der Waals surface area (Å²) in [5.41, 5.74) is 0.331. The molecule has 1 aliphatic heterocycles. The second kappa shape index (κ2) is 8.37. The van der Waals surface area contributed by atoms with Crippen LogP contribution in [-0.4, -0.2) is 35.2 Å². The van der Waals surface area contributed by atoms with Gasteiger partial charge in [0.1, 0.15) is 0 Å². The van der Waals surface area contributed by atoms with Crippen molar-refractivity contribution in [3.05, 3.63) is 66.0 Å². The van der Waals surface area contributed by atoms with Crippen molar-refractivity contribution in [2.75, 3.05) is 23.9 Å². The number of nitrogens with zero attached hydrogens (tertiary/aromatic N) is 3. The van der Waals surface area contributed by atoms with Crippen molar-refractivity contribution >= 4 is 23.2 Å². The van der Waals surface area contributed by atoms with Gasteiger partial charge >= 0.3 is 6.18 Å². The first kappa shape index (κ1) is 21.4. The van der Waals surface area contributed by atoms with Gasteiger partial charge < -0.3 is 15.0 Å². The Kier molecular flexibility index (Phi) is 5.60. The van der Waals surface area contributed by atoms with Crippen LogP contribution in [0, 0.1) is 0 Å². The minimum absolute atomic E-state index is 0.0231. The number of hydrogen-bond acceptors (Lipinski definition) is 4. The molecule has 4 rings (SSSR count). The van der Waals surface area contributed by atoms with E-state index in [1.807, 2.05) is 0 Å². The topological polar surface area (TPSA) is 76.5 Å². The molecule has 0 aliphatic carbocycles. The third-order valence-electron chi connectivity index (χ3n) is 5.04. The Bertz CT molecular complexity index is 1170. The third kappa shape index (κ3) is 4.29. The highest BCUT2D eigenvalue weighted by Gasteiger charge is 2.31. The molecule has 0 bridgehead atoms. The number of ether oxygens (including phenoxy) is 1. The maximum absolute atomic E-state index is 13.0. The first-order chi connectivity index (χ1) is 15.3. The molecule has 3 aromatic rings. The van der Waals surface area contributed by atoms with E-state index in [1.165, 1.54) is 25.4 Å². The molecule has 1 fully saturated rings. The van der Waals surface area contributed by atoms with E-state index < -0.39 is 17.6 Å². The summed E-state index contributed by atoms with van der Waals surface area (Å²) < 4.78 is 45.5. The van der Waals surface area contributed by atoms with Crippen molar-refractivity contribution in [1.29, 1.82) is 0 Å². The Hall–Kier alpha value is -3.82. The molecule has 2 amide bonds. The fourth-order valence-corrected chi connectivity index (χ4v) is 3.48. The predicted octanol–water partition coefficient (Wildman–Crippen LogP) is 4.28. The van der Waals surface area contributed by atoms with Crippen molar-refractivity contribution in [1.82, 2.24) is 9.78 Å². The highest BCUT2D eigenvalue weighted by atomic mass is 19.4. The van der Waals surface area contributed by atoms with Crippen LogP contribution in [0.25, 0.3) is 5.69 Å². The highest BCUT2D eigenvalue weighted by molar-refractivity contribution is 6.05. The smallest absolute Gasteiger partial charge is 0.416 e. The van der Waals surface area contributed by atoms with E-state index in [1.54, 1.807) is 29.2 Å². The number of anilines is 2. The van der Waals surface area contributed by atoms with Gasteiger partial charge in [-0.3, -0.25) is 9.59 Å². The second-order valence-electron chi connectivity index (χ2n) is 7.19. The van der Waals surface area contributed by atoms with E-state index in [4.69, 9.17) is 4.74 Å². The minimum Gasteiger partial charge on any atom is -0.493 e. The third-order valence-corrected chi connectivity index (χ3v) is 5.04. The summed E-state index contributed by atoms with van der Waals surface area (Å²) in [6.07, 6.45) is -1.90. The van der Waals surface area contributed by atoms with Gasteiger partial charge in [-0.15, -0.1) is 0 Å².